The number of alkyl halides is 1. The number of hydrogen-bond acceptors (Lipinski definition) is 1. The zero-order valence-electron chi connectivity index (χ0n) is 3.23. The van der Waals surface area contributed by atoms with Crippen LogP contribution in [0.15, 0.2) is 0 Å². The van der Waals surface area contributed by atoms with Crippen LogP contribution in [0.25, 0.3) is 0 Å². The van der Waals surface area contributed by atoms with Gasteiger partial charge in [-0.15, -0.1) is 11.6 Å². The molecule has 1 aliphatic rings. The summed E-state index contributed by atoms with van der Waals surface area (Å²) in [5.41, 5.74) is 0. The largest absolute Gasteiger partial charge is 0.303 e. The Hall–Kier alpha value is -0.0400. The minimum absolute atomic E-state index is 0.169. The molecule has 0 aliphatic heterocycles. The molecule has 2 atom stereocenters. The van der Waals surface area contributed by atoms with E-state index in [9.17, 15) is 4.79 Å². The summed E-state index contributed by atoms with van der Waals surface area (Å²) >= 11 is 5.42. The Morgan fingerprint density at radius 3 is 2.33 bits per heavy atom. The summed E-state index contributed by atoms with van der Waals surface area (Å²) < 4.78 is 0. The first-order valence-corrected chi connectivity index (χ1v) is 2.37. The fraction of sp³-hybridized carbons (Fsp3) is 0.750. The monoisotopic (exact) mass is 104 g/mol. The van der Waals surface area contributed by atoms with Crippen molar-refractivity contribution in [3.8, 4) is 0 Å². The summed E-state index contributed by atoms with van der Waals surface area (Å²) in [4.78, 5) is 9.69. The van der Waals surface area contributed by atoms with E-state index in [1.54, 1.807) is 0 Å². The van der Waals surface area contributed by atoms with Crippen molar-refractivity contribution < 1.29 is 4.79 Å². The summed E-state index contributed by atoms with van der Waals surface area (Å²) in [6, 6.07) is 0. The Bertz CT molecular complexity index is 71.9. The van der Waals surface area contributed by atoms with Crippen LogP contribution in [0, 0.1) is 5.92 Å². The van der Waals surface area contributed by atoms with E-state index in [0.29, 0.717) is 0 Å². The Balaban J connectivity index is 2.25. The Morgan fingerprint density at radius 1 is 1.83 bits per heavy atom. The third-order valence-corrected chi connectivity index (χ3v) is 1.44. The number of rotatable bonds is 1. The average molecular weight is 105 g/mol. The lowest BCUT2D eigenvalue weighted by molar-refractivity contribution is -0.108. The van der Waals surface area contributed by atoms with Gasteiger partial charge in [-0.25, -0.2) is 0 Å². The standard InChI is InChI=1S/C4H5ClO/c5-4-1-3(4)2-6/h2-4H,1H2/t3-,4+/m1/s1. The van der Waals surface area contributed by atoms with Crippen molar-refractivity contribution in [2.75, 3.05) is 0 Å². The van der Waals surface area contributed by atoms with Crippen LogP contribution >= 0.6 is 11.6 Å². The van der Waals surface area contributed by atoms with Crippen LogP contribution in [0.1, 0.15) is 6.42 Å². The number of aldehydes is 1. The molecule has 0 spiro atoms. The molecule has 1 aliphatic carbocycles. The molecule has 1 fully saturated rings. The van der Waals surface area contributed by atoms with Crippen LogP contribution in [0.4, 0.5) is 0 Å². The van der Waals surface area contributed by atoms with Crippen LogP contribution in [0.5, 0.6) is 0 Å². The van der Waals surface area contributed by atoms with Crippen molar-refractivity contribution in [1.82, 2.24) is 0 Å². The summed E-state index contributed by atoms with van der Waals surface area (Å²) in [5, 5.41) is 0.169. The van der Waals surface area contributed by atoms with Crippen molar-refractivity contribution in [2.24, 2.45) is 5.92 Å². The minimum Gasteiger partial charge on any atom is -0.303 e. The van der Waals surface area contributed by atoms with Crippen LogP contribution < -0.4 is 0 Å². The molecular weight excluding hydrogens is 99.5 g/mol. The van der Waals surface area contributed by atoms with E-state index in [1.807, 2.05) is 0 Å². The predicted octanol–water partition coefficient (Wildman–Crippen LogP) is 0.813. The SMILES string of the molecule is O=C[C@H]1C[C@@H]1Cl. The first kappa shape index (κ1) is 4.13. The lowest BCUT2D eigenvalue weighted by atomic mass is 10.5. The molecule has 0 unspecified atom stereocenters. The maximum Gasteiger partial charge on any atom is 0.124 e. The highest BCUT2D eigenvalue weighted by Gasteiger charge is 2.34. The fourth-order valence-corrected chi connectivity index (χ4v) is 0.587. The van der Waals surface area contributed by atoms with E-state index in [2.05, 4.69) is 0 Å². The smallest absolute Gasteiger partial charge is 0.124 e. The Morgan fingerprint density at radius 2 is 2.33 bits per heavy atom. The van der Waals surface area contributed by atoms with Crippen molar-refractivity contribution in [3.63, 3.8) is 0 Å². The van der Waals surface area contributed by atoms with Crippen LogP contribution in [0.2, 0.25) is 0 Å². The topological polar surface area (TPSA) is 17.1 Å². The molecule has 0 aromatic carbocycles. The van der Waals surface area contributed by atoms with Crippen LogP contribution in [-0.4, -0.2) is 11.7 Å². The van der Waals surface area contributed by atoms with Gasteiger partial charge in [-0.2, -0.15) is 0 Å². The van der Waals surface area contributed by atoms with Gasteiger partial charge in [0.2, 0.25) is 0 Å². The third-order valence-electron chi connectivity index (χ3n) is 0.934. The molecule has 0 heterocycles. The van der Waals surface area contributed by atoms with Gasteiger partial charge in [-0.1, -0.05) is 0 Å². The summed E-state index contributed by atoms with van der Waals surface area (Å²) in [6.45, 7) is 0. The lowest BCUT2D eigenvalue weighted by Gasteiger charge is -1.65. The molecule has 0 bridgehead atoms. The molecule has 0 amide bonds. The molecule has 0 saturated heterocycles. The van der Waals surface area contributed by atoms with Gasteiger partial charge >= 0.3 is 0 Å². The van der Waals surface area contributed by atoms with Crippen LogP contribution in [-0.2, 0) is 4.79 Å². The quantitative estimate of drug-likeness (QED) is 0.356. The Labute approximate surface area is 41.3 Å². The number of carbonyl (C=O) groups excluding carboxylic acids is 1. The van der Waals surface area contributed by atoms with Gasteiger partial charge < -0.3 is 4.79 Å². The first-order chi connectivity index (χ1) is 2.84. The highest BCUT2D eigenvalue weighted by molar-refractivity contribution is 6.23. The molecule has 1 nitrogen and oxygen atoms in total. The second kappa shape index (κ2) is 1.23. The van der Waals surface area contributed by atoms with Gasteiger partial charge in [0.15, 0.2) is 0 Å². The van der Waals surface area contributed by atoms with Crippen molar-refractivity contribution >= 4 is 17.9 Å². The van der Waals surface area contributed by atoms with Gasteiger partial charge in [-0.3, -0.25) is 0 Å². The molecule has 1 rings (SSSR count). The van der Waals surface area contributed by atoms with Crippen molar-refractivity contribution in [2.45, 2.75) is 11.8 Å². The molecule has 0 aromatic rings. The van der Waals surface area contributed by atoms with Gasteiger partial charge in [0.1, 0.15) is 6.29 Å². The average Bonchev–Trinajstić information content (AvgIpc) is 2.19. The molecule has 0 N–H and O–H groups in total. The molecular formula is C4H5ClO. The molecule has 2 heteroatoms. The Kier molecular flexibility index (Phi) is 0.845. The van der Waals surface area contributed by atoms with Gasteiger partial charge in [0, 0.05) is 11.3 Å². The second-order valence-corrected chi connectivity index (χ2v) is 2.11. The third kappa shape index (κ3) is 0.548. The number of carbonyl (C=O) groups is 1. The maximum absolute atomic E-state index is 9.69. The lowest BCUT2D eigenvalue weighted by Crippen LogP contribution is -1.75. The highest BCUT2D eigenvalue weighted by atomic mass is 35.5. The van der Waals surface area contributed by atoms with Gasteiger partial charge in [-0.05, 0) is 6.42 Å². The normalized spacial score (nSPS) is 42.2. The van der Waals surface area contributed by atoms with Crippen LogP contribution in [0.3, 0.4) is 0 Å². The molecule has 0 radical (unpaired) electrons. The summed E-state index contributed by atoms with van der Waals surface area (Å²) in [7, 11) is 0. The first-order valence-electron chi connectivity index (χ1n) is 1.94. The zero-order valence-corrected chi connectivity index (χ0v) is 3.98. The maximum atomic E-state index is 9.69. The van der Waals surface area contributed by atoms with Crippen molar-refractivity contribution in [3.05, 3.63) is 0 Å². The van der Waals surface area contributed by atoms with E-state index < -0.39 is 0 Å². The summed E-state index contributed by atoms with van der Waals surface area (Å²) in [5.74, 6) is 0.187. The van der Waals surface area contributed by atoms with Crippen molar-refractivity contribution in [1.29, 1.82) is 0 Å². The van der Waals surface area contributed by atoms with Gasteiger partial charge in [0.05, 0.1) is 0 Å². The fourth-order valence-electron chi connectivity index (χ4n) is 0.322. The number of halogens is 1. The molecule has 1 saturated carbocycles. The van der Waals surface area contributed by atoms with E-state index >= 15 is 0 Å². The van der Waals surface area contributed by atoms with E-state index in [1.165, 1.54) is 0 Å². The zero-order chi connectivity index (χ0) is 4.57. The van der Waals surface area contributed by atoms with Gasteiger partial charge in [0.25, 0.3) is 0 Å². The molecule has 0 aromatic heterocycles. The highest BCUT2D eigenvalue weighted by Crippen LogP contribution is 2.33. The second-order valence-electron chi connectivity index (χ2n) is 1.55. The van der Waals surface area contributed by atoms with E-state index in [-0.39, 0.29) is 11.3 Å². The predicted molar refractivity (Wildman–Crippen MR) is 23.8 cm³/mol. The summed E-state index contributed by atoms with van der Waals surface area (Å²) in [6.07, 6.45) is 1.81. The number of hydrogen-bond donors (Lipinski definition) is 0. The minimum atomic E-state index is 0.169. The molecule has 6 heavy (non-hydrogen) atoms. The van der Waals surface area contributed by atoms with E-state index in [4.69, 9.17) is 11.6 Å². The van der Waals surface area contributed by atoms with E-state index in [0.717, 1.165) is 12.7 Å². The molecule has 34 valence electrons.